The predicted molar refractivity (Wildman–Crippen MR) is 95.6 cm³/mol. The van der Waals surface area contributed by atoms with Crippen molar-refractivity contribution in [2.45, 2.75) is 17.9 Å². The molecule has 1 atom stereocenters. The first kappa shape index (κ1) is 18.8. The lowest BCUT2D eigenvalue weighted by Crippen LogP contribution is -2.22. The molecule has 0 aliphatic heterocycles. The fourth-order valence-corrected chi connectivity index (χ4v) is 3.36. The SMILES string of the molecule is COCC(C)Nc1ccc(S(=O)(=O)Nc2ccccc2)cc1C(=O)O. The van der Waals surface area contributed by atoms with Gasteiger partial charge < -0.3 is 15.2 Å². The van der Waals surface area contributed by atoms with Gasteiger partial charge in [-0.05, 0) is 37.3 Å². The average Bonchev–Trinajstić information content (AvgIpc) is 2.55. The molecule has 0 radical (unpaired) electrons. The van der Waals surface area contributed by atoms with E-state index in [0.717, 1.165) is 6.07 Å². The number of hydrogen-bond acceptors (Lipinski definition) is 5. The summed E-state index contributed by atoms with van der Waals surface area (Å²) in [6.07, 6.45) is 0. The molecule has 2 aromatic carbocycles. The first-order chi connectivity index (χ1) is 11.8. The zero-order chi connectivity index (χ0) is 18.4. The number of anilines is 2. The molecule has 0 fully saturated rings. The van der Waals surface area contributed by atoms with E-state index in [1.54, 1.807) is 37.4 Å². The number of carboxylic acid groups (broad SMARTS) is 1. The Balaban J connectivity index is 2.33. The van der Waals surface area contributed by atoms with E-state index in [0.29, 0.717) is 18.0 Å². The minimum Gasteiger partial charge on any atom is -0.478 e. The summed E-state index contributed by atoms with van der Waals surface area (Å²) in [6, 6.07) is 12.2. The van der Waals surface area contributed by atoms with Crippen LogP contribution in [0, 0.1) is 0 Å². The Bertz CT molecular complexity index is 837. The molecule has 3 N–H and O–H groups in total. The molecule has 0 saturated carbocycles. The fourth-order valence-electron chi connectivity index (χ4n) is 2.27. The van der Waals surface area contributed by atoms with Crippen LogP contribution in [0.25, 0.3) is 0 Å². The van der Waals surface area contributed by atoms with Gasteiger partial charge in [0.05, 0.1) is 17.1 Å². The maximum absolute atomic E-state index is 12.5. The van der Waals surface area contributed by atoms with Crippen LogP contribution >= 0.6 is 0 Å². The summed E-state index contributed by atoms with van der Waals surface area (Å²) < 4.78 is 32.4. The third kappa shape index (κ3) is 4.94. The van der Waals surface area contributed by atoms with Crippen molar-refractivity contribution in [3.05, 3.63) is 54.1 Å². The molecule has 7 nitrogen and oxygen atoms in total. The highest BCUT2D eigenvalue weighted by Crippen LogP contribution is 2.23. The van der Waals surface area contributed by atoms with Crippen LogP contribution in [0.3, 0.4) is 0 Å². The molecule has 0 aromatic heterocycles. The molecular weight excluding hydrogens is 344 g/mol. The third-order valence-electron chi connectivity index (χ3n) is 3.38. The maximum atomic E-state index is 12.5. The Morgan fingerprint density at radius 2 is 1.88 bits per heavy atom. The van der Waals surface area contributed by atoms with Gasteiger partial charge in [0.15, 0.2) is 0 Å². The second-order valence-electron chi connectivity index (χ2n) is 5.48. The molecule has 25 heavy (non-hydrogen) atoms. The van der Waals surface area contributed by atoms with Crippen molar-refractivity contribution in [1.82, 2.24) is 0 Å². The minimum absolute atomic E-state index is 0.126. The van der Waals surface area contributed by atoms with E-state index in [-0.39, 0.29) is 16.5 Å². The van der Waals surface area contributed by atoms with Gasteiger partial charge in [-0.2, -0.15) is 0 Å². The Labute approximate surface area is 146 Å². The number of carbonyl (C=O) groups is 1. The molecule has 2 rings (SSSR count). The van der Waals surface area contributed by atoms with Crippen molar-refractivity contribution in [3.63, 3.8) is 0 Å². The number of aromatic carboxylic acids is 1. The number of carboxylic acids is 1. The van der Waals surface area contributed by atoms with Gasteiger partial charge in [-0.25, -0.2) is 13.2 Å². The van der Waals surface area contributed by atoms with Crippen LogP contribution in [-0.4, -0.2) is 39.3 Å². The third-order valence-corrected chi connectivity index (χ3v) is 4.76. The molecule has 2 aromatic rings. The Hall–Kier alpha value is -2.58. The van der Waals surface area contributed by atoms with Crippen LogP contribution in [0.5, 0.6) is 0 Å². The number of rotatable bonds is 8. The molecule has 0 amide bonds. The van der Waals surface area contributed by atoms with E-state index in [2.05, 4.69) is 10.0 Å². The molecule has 0 aliphatic rings. The van der Waals surface area contributed by atoms with Gasteiger partial charge in [0, 0.05) is 24.5 Å². The van der Waals surface area contributed by atoms with Gasteiger partial charge in [-0.15, -0.1) is 0 Å². The molecule has 0 heterocycles. The van der Waals surface area contributed by atoms with Crippen molar-refractivity contribution < 1.29 is 23.1 Å². The van der Waals surface area contributed by atoms with Crippen LogP contribution in [-0.2, 0) is 14.8 Å². The van der Waals surface area contributed by atoms with E-state index in [1.807, 2.05) is 6.92 Å². The summed E-state index contributed by atoms with van der Waals surface area (Å²) in [5.74, 6) is -1.22. The topological polar surface area (TPSA) is 105 Å². The summed E-state index contributed by atoms with van der Waals surface area (Å²) in [5.41, 5.74) is 0.602. The van der Waals surface area contributed by atoms with E-state index in [4.69, 9.17) is 4.74 Å². The number of benzene rings is 2. The zero-order valence-electron chi connectivity index (χ0n) is 13.9. The van der Waals surface area contributed by atoms with E-state index < -0.39 is 16.0 Å². The summed E-state index contributed by atoms with van der Waals surface area (Å²) in [6.45, 7) is 2.21. The molecule has 134 valence electrons. The van der Waals surface area contributed by atoms with E-state index in [1.165, 1.54) is 12.1 Å². The summed E-state index contributed by atoms with van der Waals surface area (Å²) in [5, 5.41) is 12.4. The van der Waals surface area contributed by atoms with Gasteiger partial charge in [-0.3, -0.25) is 4.72 Å². The van der Waals surface area contributed by atoms with Crippen molar-refractivity contribution in [2.24, 2.45) is 0 Å². The number of ether oxygens (including phenoxy) is 1. The fraction of sp³-hybridized carbons (Fsp3) is 0.235. The zero-order valence-corrected chi connectivity index (χ0v) is 14.7. The molecule has 1 unspecified atom stereocenters. The first-order valence-corrected chi connectivity index (χ1v) is 9.02. The molecular formula is C17H20N2O5S. The summed E-state index contributed by atoms with van der Waals surface area (Å²) in [4.78, 5) is 11.4. The first-order valence-electron chi connectivity index (χ1n) is 7.54. The van der Waals surface area contributed by atoms with Gasteiger partial charge in [-0.1, -0.05) is 18.2 Å². The van der Waals surface area contributed by atoms with Gasteiger partial charge in [0.1, 0.15) is 0 Å². The second kappa shape index (κ2) is 8.00. The second-order valence-corrected chi connectivity index (χ2v) is 7.17. The molecule has 0 spiro atoms. The highest BCUT2D eigenvalue weighted by molar-refractivity contribution is 7.92. The molecule has 8 heteroatoms. The average molecular weight is 364 g/mol. The minimum atomic E-state index is -3.89. The van der Waals surface area contributed by atoms with Crippen LogP contribution in [0.1, 0.15) is 17.3 Å². The number of para-hydroxylation sites is 1. The Morgan fingerprint density at radius 3 is 2.48 bits per heavy atom. The lowest BCUT2D eigenvalue weighted by Gasteiger charge is -2.17. The summed E-state index contributed by atoms with van der Waals surface area (Å²) >= 11 is 0. The highest BCUT2D eigenvalue weighted by Gasteiger charge is 2.20. The molecule has 0 aliphatic carbocycles. The smallest absolute Gasteiger partial charge is 0.337 e. The maximum Gasteiger partial charge on any atom is 0.337 e. The number of nitrogens with one attached hydrogen (secondary N) is 2. The number of sulfonamides is 1. The van der Waals surface area contributed by atoms with Crippen molar-refractivity contribution in [2.75, 3.05) is 23.8 Å². The predicted octanol–water partition coefficient (Wildman–Crippen LogP) is 2.63. The Morgan fingerprint density at radius 1 is 1.20 bits per heavy atom. The monoisotopic (exact) mass is 364 g/mol. The van der Waals surface area contributed by atoms with Crippen LogP contribution in [0.2, 0.25) is 0 Å². The van der Waals surface area contributed by atoms with Crippen LogP contribution in [0.4, 0.5) is 11.4 Å². The highest BCUT2D eigenvalue weighted by atomic mass is 32.2. The van der Waals surface area contributed by atoms with Gasteiger partial charge in [0.25, 0.3) is 10.0 Å². The van der Waals surface area contributed by atoms with Gasteiger partial charge in [0.2, 0.25) is 0 Å². The normalized spacial score (nSPS) is 12.4. The Kier molecular flexibility index (Phi) is 6.00. The van der Waals surface area contributed by atoms with Crippen molar-refractivity contribution in [1.29, 1.82) is 0 Å². The lowest BCUT2D eigenvalue weighted by atomic mass is 10.1. The quantitative estimate of drug-likeness (QED) is 0.665. The van der Waals surface area contributed by atoms with Crippen LogP contribution < -0.4 is 10.0 Å². The molecule has 0 saturated heterocycles. The van der Waals surface area contributed by atoms with E-state index >= 15 is 0 Å². The lowest BCUT2D eigenvalue weighted by molar-refractivity contribution is 0.0697. The van der Waals surface area contributed by atoms with Crippen molar-refractivity contribution in [3.8, 4) is 0 Å². The number of hydrogen-bond donors (Lipinski definition) is 3. The molecule has 0 bridgehead atoms. The van der Waals surface area contributed by atoms with Crippen LogP contribution in [0.15, 0.2) is 53.4 Å². The van der Waals surface area contributed by atoms with Crippen molar-refractivity contribution >= 4 is 27.4 Å². The number of methoxy groups -OCH3 is 1. The van der Waals surface area contributed by atoms with Gasteiger partial charge >= 0.3 is 5.97 Å². The largest absolute Gasteiger partial charge is 0.478 e. The standard InChI is InChI=1S/C17H20N2O5S/c1-12(11-24-2)18-16-9-8-14(10-15(16)17(20)21)25(22,23)19-13-6-4-3-5-7-13/h3-10,12,18-19H,11H2,1-2H3,(H,20,21). The summed E-state index contributed by atoms with van der Waals surface area (Å²) in [7, 11) is -2.35. The van der Waals surface area contributed by atoms with E-state index in [9.17, 15) is 18.3 Å².